The lowest BCUT2D eigenvalue weighted by atomic mass is 10.1. The zero-order valence-electron chi connectivity index (χ0n) is 17.7. The van der Waals surface area contributed by atoms with E-state index in [4.69, 9.17) is 20.0 Å². The second-order valence-corrected chi connectivity index (χ2v) is 9.10. The molecule has 0 unspecified atom stereocenters. The minimum Gasteiger partial charge on any atom is -0.368 e. The van der Waals surface area contributed by atoms with Crippen molar-refractivity contribution in [3.63, 3.8) is 0 Å². The number of aromatic nitrogens is 2. The van der Waals surface area contributed by atoms with Crippen LogP contribution < -0.4 is 11.1 Å². The lowest BCUT2D eigenvalue weighted by Crippen LogP contribution is -2.09. The van der Waals surface area contributed by atoms with Crippen molar-refractivity contribution in [1.82, 2.24) is 15.5 Å². The highest BCUT2D eigenvalue weighted by Crippen LogP contribution is 2.34. The topological polar surface area (TPSA) is 144 Å². The van der Waals surface area contributed by atoms with Gasteiger partial charge in [0.05, 0.1) is 10.7 Å². The van der Waals surface area contributed by atoms with E-state index in [-0.39, 0.29) is 13.3 Å². The summed E-state index contributed by atoms with van der Waals surface area (Å²) in [5.74, 6) is 1.42. The molecule has 9 nitrogen and oxygen atoms in total. The molecule has 3 rings (SSSR count). The second-order valence-electron chi connectivity index (χ2n) is 6.86. The summed E-state index contributed by atoms with van der Waals surface area (Å²) in [6.07, 6.45) is 7.24. The van der Waals surface area contributed by atoms with Crippen molar-refractivity contribution in [2.24, 2.45) is 5.73 Å². The van der Waals surface area contributed by atoms with Gasteiger partial charge in [-0.2, -0.15) is 0 Å². The van der Waals surface area contributed by atoms with Crippen LogP contribution in [-0.2, 0) is 21.3 Å². The van der Waals surface area contributed by atoms with Crippen LogP contribution in [0, 0.1) is 0 Å². The van der Waals surface area contributed by atoms with Crippen LogP contribution in [0.4, 0.5) is 0 Å². The fourth-order valence-corrected chi connectivity index (χ4v) is 3.78. The highest BCUT2D eigenvalue weighted by molar-refractivity contribution is 7.98. The number of pyridine rings is 1. The number of phosphoric acid groups is 1. The Labute approximate surface area is 196 Å². The Hall–Kier alpha value is -2.72. The molecule has 0 saturated carbocycles. The second kappa shape index (κ2) is 12.5. The van der Waals surface area contributed by atoms with Gasteiger partial charge in [0.15, 0.2) is 5.76 Å². The monoisotopic (exact) mass is 488 g/mol. The molecule has 0 bridgehead atoms. The minimum absolute atomic E-state index is 0.229. The molecule has 2 heterocycles. The molecular weight excluding hydrogens is 463 g/mol. The summed E-state index contributed by atoms with van der Waals surface area (Å²) in [7, 11) is -4.49. The summed E-state index contributed by atoms with van der Waals surface area (Å²) < 4.78 is 20.3. The Balaban J connectivity index is 1.52. The maximum absolute atomic E-state index is 10.6. The third kappa shape index (κ3) is 8.97. The predicted octanol–water partition coefficient (Wildman–Crippen LogP) is 3.46. The molecule has 0 saturated heterocycles. The molecule has 2 aromatic heterocycles. The van der Waals surface area contributed by atoms with Crippen molar-refractivity contribution in [3.05, 3.63) is 95.7 Å². The molecule has 0 atom stereocenters. The molecule has 0 aliphatic rings. The van der Waals surface area contributed by atoms with Crippen molar-refractivity contribution in [2.45, 2.75) is 17.2 Å². The molecule has 174 valence electrons. The van der Waals surface area contributed by atoms with Gasteiger partial charge in [-0.05, 0) is 29.5 Å². The molecule has 0 fully saturated rings. The van der Waals surface area contributed by atoms with E-state index in [2.05, 4.69) is 32.1 Å². The first-order valence-corrected chi connectivity index (χ1v) is 12.5. The Bertz CT molecular complexity index is 1110. The molecule has 11 heteroatoms. The first-order chi connectivity index (χ1) is 15.9. The molecule has 0 aliphatic carbocycles. The standard InChI is InChI=1S/C22H25N4O5PS/c23-13-19(7-4-10-24-16-30-32(27,28)29)21-12-20(26-31-21)11-18-8-9-22(25-14-18)33-15-17-5-2-1-3-6-17/h1-10,12,14,24H,11,13,15-16,23H2,(H2,27,28,29)/b10-4-,19-7+. The van der Waals surface area contributed by atoms with E-state index in [9.17, 15) is 4.57 Å². The SMILES string of the molecule is NC/C(=C\C=C/NCOP(=O)(O)O)c1cc(Cc2ccc(SCc3ccccc3)nc2)no1. The van der Waals surface area contributed by atoms with Gasteiger partial charge in [-0.3, -0.25) is 4.52 Å². The number of thioether (sulfide) groups is 1. The van der Waals surface area contributed by atoms with Crippen LogP contribution >= 0.6 is 19.6 Å². The maximum atomic E-state index is 10.6. The Morgan fingerprint density at radius 3 is 2.73 bits per heavy atom. The molecule has 33 heavy (non-hydrogen) atoms. The maximum Gasteiger partial charge on any atom is 0.471 e. The molecule has 5 N–H and O–H groups in total. The fourth-order valence-electron chi connectivity index (χ4n) is 2.74. The predicted molar refractivity (Wildman–Crippen MR) is 127 cm³/mol. The summed E-state index contributed by atoms with van der Waals surface area (Å²) in [4.78, 5) is 21.7. The van der Waals surface area contributed by atoms with Gasteiger partial charge in [-0.1, -0.05) is 47.6 Å². The number of nitrogens with zero attached hydrogens (tertiary/aromatic N) is 2. The van der Waals surface area contributed by atoms with Gasteiger partial charge in [0.25, 0.3) is 0 Å². The summed E-state index contributed by atoms with van der Waals surface area (Å²) in [5.41, 5.74) is 9.55. The number of rotatable bonds is 12. The summed E-state index contributed by atoms with van der Waals surface area (Å²) >= 11 is 1.69. The van der Waals surface area contributed by atoms with Crippen molar-refractivity contribution >= 4 is 25.2 Å². The van der Waals surface area contributed by atoms with Crippen LogP contribution in [0.1, 0.15) is 22.6 Å². The van der Waals surface area contributed by atoms with Crippen molar-refractivity contribution in [1.29, 1.82) is 0 Å². The Kier molecular flexibility index (Phi) is 9.44. The highest BCUT2D eigenvalue weighted by atomic mass is 32.2. The molecule has 0 amide bonds. The van der Waals surface area contributed by atoms with Crippen LogP contribution in [0.15, 0.2) is 82.6 Å². The molecule has 0 aliphatic heterocycles. The van der Waals surface area contributed by atoms with Gasteiger partial charge in [-0.25, -0.2) is 9.55 Å². The summed E-state index contributed by atoms with van der Waals surface area (Å²) in [5, 5.41) is 7.67. The first kappa shape index (κ1) is 24.9. The van der Waals surface area contributed by atoms with Gasteiger partial charge < -0.3 is 25.4 Å². The fraction of sp³-hybridized carbons (Fsp3) is 0.182. The van der Waals surface area contributed by atoms with Crippen LogP contribution in [0.5, 0.6) is 0 Å². The normalized spacial score (nSPS) is 12.4. The Morgan fingerprint density at radius 1 is 1.21 bits per heavy atom. The van der Waals surface area contributed by atoms with E-state index in [1.54, 1.807) is 23.9 Å². The smallest absolute Gasteiger partial charge is 0.368 e. The number of nitrogens with two attached hydrogens (primary N) is 1. The zero-order valence-corrected chi connectivity index (χ0v) is 19.4. The van der Waals surface area contributed by atoms with Gasteiger partial charge in [-0.15, -0.1) is 11.8 Å². The van der Waals surface area contributed by atoms with Gasteiger partial charge >= 0.3 is 7.82 Å². The summed E-state index contributed by atoms with van der Waals surface area (Å²) in [6.45, 7) is -0.0938. The molecule has 0 radical (unpaired) electrons. The van der Waals surface area contributed by atoms with Gasteiger partial charge in [0, 0.05) is 36.6 Å². The number of allylic oxidation sites excluding steroid dienone is 2. The lowest BCUT2D eigenvalue weighted by molar-refractivity contribution is 0.191. The van der Waals surface area contributed by atoms with Gasteiger partial charge in [0.1, 0.15) is 6.73 Å². The molecular formula is C22H25N4O5PS. The third-order valence-electron chi connectivity index (χ3n) is 4.34. The molecule has 3 aromatic rings. The number of nitrogens with one attached hydrogen (secondary N) is 1. The van der Waals surface area contributed by atoms with E-state index in [0.29, 0.717) is 17.8 Å². The van der Waals surface area contributed by atoms with E-state index in [1.807, 2.05) is 42.6 Å². The van der Waals surface area contributed by atoms with Crippen LogP contribution in [0.25, 0.3) is 5.57 Å². The van der Waals surface area contributed by atoms with Crippen LogP contribution in [-0.4, -0.2) is 33.2 Å². The van der Waals surface area contributed by atoms with E-state index >= 15 is 0 Å². The third-order valence-corrected chi connectivity index (χ3v) is 5.82. The minimum atomic E-state index is -4.49. The van der Waals surface area contributed by atoms with Crippen LogP contribution in [0.3, 0.4) is 0 Å². The average molecular weight is 489 g/mol. The van der Waals surface area contributed by atoms with Crippen LogP contribution in [0.2, 0.25) is 0 Å². The quantitative estimate of drug-likeness (QED) is 0.0983. The van der Waals surface area contributed by atoms with E-state index < -0.39 is 7.82 Å². The first-order valence-electron chi connectivity index (χ1n) is 10.00. The number of hydrogen-bond donors (Lipinski definition) is 4. The number of benzene rings is 1. The van der Waals surface area contributed by atoms with E-state index in [1.165, 1.54) is 11.8 Å². The number of phosphoric ester groups is 1. The lowest BCUT2D eigenvalue weighted by Gasteiger charge is -2.03. The van der Waals surface area contributed by atoms with Crippen molar-refractivity contribution in [3.8, 4) is 0 Å². The summed E-state index contributed by atoms with van der Waals surface area (Å²) in [6, 6.07) is 16.1. The molecule has 1 aromatic carbocycles. The zero-order chi connectivity index (χ0) is 23.5. The molecule has 0 spiro atoms. The van der Waals surface area contributed by atoms with Crippen molar-refractivity contribution < 1.29 is 23.4 Å². The van der Waals surface area contributed by atoms with Crippen molar-refractivity contribution in [2.75, 3.05) is 13.3 Å². The average Bonchev–Trinajstić information content (AvgIpc) is 3.26. The Morgan fingerprint density at radius 2 is 2.03 bits per heavy atom. The highest BCUT2D eigenvalue weighted by Gasteiger charge is 2.12. The van der Waals surface area contributed by atoms with Gasteiger partial charge in [0.2, 0.25) is 0 Å². The largest absolute Gasteiger partial charge is 0.471 e. The number of hydrogen-bond acceptors (Lipinski definition) is 8. The van der Waals surface area contributed by atoms with E-state index in [0.717, 1.165) is 22.0 Å².